The molecule has 4 N–H and O–H groups in total. The lowest BCUT2D eigenvalue weighted by atomic mass is 9.89. The van der Waals surface area contributed by atoms with Gasteiger partial charge in [0.15, 0.2) is 0 Å². The lowest BCUT2D eigenvalue weighted by molar-refractivity contribution is -0.133. The van der Waals surface area contributed by atoms with E-state index in [0.29, 0.717) is 25.9 Å². The summed E-state index contributed by atoms with van der Waals surface area (Å²) >= 11 is 0. The average molecular weight is 227 g/mol. The minimum atomic E-state index is -0.582. The standard InChI is InChI=1S/C11H21N3O2/c1-3-4-8(12)9(15)14-6-5-11(2,7-14)10(13)16/h8H,3-7,12H2,1-2H3,(H2,13,16). The molecule has 0 aromatic carbocycles. The first-order valence-corrected chi connectivity index (χ1v) is 5.75. The Hall–Kier alpha value is -1.10. The number of rotatable bonds is 4. The SMILES string of the molecule is CCCC(N)C(=O)N1CCC(C)(C(N)=O)C1. The van der Waals surface area contributed by atoms with Gasteiger partial charge in [-0.1, -0.05) is 13.3 Å². The van der Waals surface area contributed by atoms with Gasteiger partial charge in [0.05, 0.1) is 11.5 Å². The monoisotopic (exact) mass is 227 g/mol. The fourth-order valence-electron chi connectivity index (χ4n) is 2.02. The molecule has 1 fully saturated rings. The molecule has 1 saturated heterocycles. The lowest BCUT2D eigenvalue weighted by Crippen LogP contribution is -2.45. The minimum absolute atomic E-state index is 0.0631. The van der Waals surface area contributed by atoms with Gasteiger partial charge in [-0.3, -0.25) is 9.59 Å². The Labute approximate surface area is 96.1 Å². The largest absolute Gasteiger partial charge is 0.369 e. The molecular weight excluding hydrogens is 206 g/mol. The fraction of sp³-hybridized carbons (Fsp3) is 0.818. The summed E-state index contributed by atoms with van der Waals surface area (Å²) in [4.78, 5) is 24.8. The Morgan fingerprint density at radius 2 is 2.12 bits per heavy atom. The molecular formula is C11H21N3O2. The second-order valence-electron chi connectivity index (χ2n) is 4.83. The smallest absolute Gasteiger partial charge is 0.239 e. The number of likely N-dealkylation sites (tertiary alicyclic amines) is 1. The van der Waals surface area contributed by atoms with Crippen molar-refractivity contribution in [3.8, 4) is 0 Å². The van der Waals surface area contributed by atoms with Gasteiger partial charge in [0.25, 0.3) is 0 Å². The normalized spacial score (nSPS) is 26.8. The van der Waals surface area contributed by atoms with Crippen LogP contribution in [0.1, 0.15) is 33.1 Å². The van der Waals surface area contributed by atoms with Gasteiger partial charge in [-0.05, 0) is 19.8 Å². The summed E-state index contributed by atoms with van der Waals surface area (Å²) in [7, 11) is 0. The molecule has 0 aromatic rings. The molecule has 0 bridgehead atoms. The topological polar surface area (TPSA) is 89.4 Å². The zero-order valence-electron chi connectivity index (χ0n) is 10.0. The summed E-state index contributed by atoms with van der Waals surface area (Å²) in [6.07, 6.45) is 2.20. The van der Waals surface area contributed by atoms with Crippen molar-refractivity contribution in [1.82, 2.24) is 4.90 Å². The van der Waals surface area contributed by atoms with E-state index < -0.39 is 11.5 Å². The van der Waals surface area contributed by atoms with Gasteiger partial charge in [-0.15, -0.1) is 0 Å². The zero-order valence-corrected chi connectivity index (χ0v) is 10.0. The minimum Gasteiger partial charge on any atom is -0.369 e. The van der Waals surface area contributed by atoms with E-state index >= 15 is 0 Å². The Balaban J connectivity index is 2.59. The van der Waals surface area contributed by atoms with Crippen LogP contribution in [0.3, 0.4) is 0 Å². The number of carbonyl (C=O) groups is 2. The van der Waals surface area contributed by atoms with E-state index in [2.05, 4.69) is 0 Å². The van der Waals surface area contributed by atoms with Crippen LogP contribution in [-0.2, 0) is 9.59 Å². The summed E-state index contributed by atoms with van der Waals surface area (Å²) in [5.74, 6) is -0.404. The van der Waals surface area contributed by atoms with Crippen LogP contribution in [-0.4, -0.2) is 35.8 Å². The third kappa shape index (κ3) is 2.52. The summed E-state index contributed by atoms with van der Waals surface area (Å²) in [6, 6.07) is -0.444. The van der Waals surface area contributed by atoms with E-state index in [1.807, 2.05) is 6.92 Å². The Morgan fingerprint density at radius 1 is 1.50 bits per heavy atom. The first-order chi connectivity index (χ1) is 7.40. The second-order valence-corrected chi connectivity index (χ2v) is 4.83. The number of primary amides is 1. The van der Waals surface area contributed by atoms with Crippen LogP contribution in [0.5, 0.6) is 0 Å². The van der Waals surface area contributed by atoms with Crippen molar-refractivity contribution < 1.29 is 9.59 Å². The van der Waals surface area contributed by atoms with Gasteiger partial charge < -0.3 is 16.4 Å². The molecule has 1 aliphatic heterocycles. The van der Waals surface area contributed by atoms with Crippen LogP contribution >= 0.6 is 0 Å². The molecule has 5 nitrogen and oxygen atoms in total. The number of amides is 2. The molecule has 1 rings (SSSR count). The van der Waals surface area contributed by atoms with E-state index in [1.165, 1.54) is 0 Å². The van der Waals surface area contributed by atoms with E-state index in [1.54, 1.807) is 11.8 Å². The molecule has 2 atom stereocenters. The van der Waals surface area contributed by atoms with Crippen LogP contribution in [0.25, 0.3) is 0 Å². The molecule has 2 unspecified atom stereocenters. The van der Waals surface area contributed by atoms with E-state index in [4.69, 9.17) is 11.5 Å². The number of nitrogens with zero attached hydrogens (tertiary/aromatic N) is 1. The maximum Gasteiger partial charge on any atom is 0.239 e. The third-order valence-corrected chi connectivity index (χ3v) is 3.30. The van der Waals surface area contributed by atoms with Crippen LogP contribution in [0.2, 0.25) is 0 Å². The molecule has 16 heavy (non-hydrogen) atoms. The molecule has 92 valence electrons. The molecule has 0 spiro atoms. The predicted molar refractivity (Wildman–Crippen MR) is 61.4 cm³/mol. The van der Waals surface area contributed by atoms with Crippen molar-refractivity contribution in [2.24, 2.45) is 16.9 Å². The fourth-order valence-corrected chi connectivity index (χ4v) is 2.02. The van der Waals surface area contributed by atoms with Crippen LogP contribution in [0.15, 0.2) is 0 Å². The second kappa shape index (κ2) is 4.82. The average Bonchev–Trinajstić information content (AvgIpc) is 2.61. The molecule has 0 aliphatic carbocycles. The van der Waals surface area contributed by atoms with Crippen LogP contribution in [0, 0.1) is 5.41 Å². The van der Waals surface area contributed by atoms with Gasteiger partial charge >= 0.3 is 0 Å². The maximum atomic E-state index is 11.9. The lowest BCUT2D eigenvalue weighted by Gasteiger charge is -2.23. The molecule has 1 heterocycles. The molecule has 0 radical (unpaired) electrons. The highest BCUT2D eigenvalue weighted by Gasteiger charge is 2.41. The van der Waals surface area contributed by atoms with E-state index in [9.17, 15) is 9.59 Å². The van der Waals surface area contributed by atoms with Crippen molar-refractivity contribution in [2.45, 2.75) is 39.2 Å². The van der Waals surface area contributed by atoms with Gasteiger partial charge in [-0.2, -0.15) is 0 Å². The summed E-state index contributed by atoms with van der Waals surface area (Å²) in [5, 5.41) is 0. The first-order valence-electron chi connectivity index (χ1n) is 5.75. The Bertz CT molecular complexity index is 293. The summed E-state index contributed by atoms with van der Waals surface area (Å²) in [6.45, 7) is 4.77. The summed E-state index contributed by atoms with van der Waals surface area (Å²) in [5.41, 5.74) is 10.5. The van der Waals surface area contributed by atoms with Crippen molar-refractivity contribution in [3.05, 3.63) is 0 Å². The predicted octanol–water partition coefficient (Wildman–Crippen LogP) is -0.162. The van der Waals surface area contributed by atoms with Gasteiger partial charge in [-0.25, -0.2) is 0 Å². The third-order valence-electron chi connectivity index (χ3n) is 3.30. The Kier molecular flexibility index (Phi) is 3.91. The molecule has 0 aromatic heterocycles. The molecule has 2 amide bonds. The molecule has 1 aliphatic rings. The van der Waals surface area contributed by atoms with E-state index in [0.717, 1.165) is 6.42 Å². The highest BCUT2D eigenvalue weighted by atomic mass is 16.2. The van der Waals surface area contributed by atoms with E-state index in [-0.39, 0.29) is 11.8 Å². The van der Waals surface area contributed by atoms with Crippen molar-refractivity contribution in [2.75, 3.05) is 13.1 Å². The quantitative estimate of drug-likeness (QED) is 0.699. The van der Waals surface area contributed by atoms with Crippen LogP contribution < -0.4 is 11.5 Å². The van der Waals surface area contributed by atoms with Crippen LogP contribution in [0.4, 0.5) is 0 Å². The number of hydrogen-bond donors (Lipinski definition) is 2. The maximum absolute atomic E-state index is 11.9. The molecule has 0 saturated carbocycles. The highest BCUT2D eigenvalue weighted by Crippen LogP contribution is 2.29. The number of carbonyl (C=O) groups excluding carboxylic acids is 2. The van der Waals surface area contributed by atoms with Crippen molar-refractivity contribution >= 4 is 11.8 Å². The van der Waals surface area contributed by atoms with Gasteiger partial charge in [0.1, 0.15) is 0 Å². The number of hydrogen-bond acceptors (Lipinski definition) is 3. The zero-order chi connectivity index (χ0) is 12.3. The van der Waals surface area contributed by atoms with Gasteiger partial charge in [0.2, 0.25) is 11.8 Å². The van der Waals surface area contributed by atoms with Gasteiger partial charge in [0, 0.05) is 13.1 Å². The van der Waals surface area contributed by atoms with Crippen molar-refractivity contribution in [3.63, 3.8) is 0 Å². The van der Waals surface area contributed by atoms with Crippen molar-refractivity contribution in [1.29, 1.82) is 0 Å². The highest BCUT2D eigenvalue weighted by molar-refractivity contribution is 5.85. The summed E-state index contributed by atoms with van der Waals surface area (Å²) < 4.78 is 0. The first kappa shape index (κ1) is 13.0. The molecule has 5 heteroatoms. The Morgan fingerprint density at radius 3 is 2.56 bits per heavy atom. The number of nitrogens with two attached hydrogens (primary N) is 2.